The van der Waals surface area contributed by atoms with Crippen molar-refractivity contribution in [2.45, 2.75) is 31.6 Å². The van der Waals surface area contributed by atoms with Crippen LogP contribution in [0, 0.1) is 0 Å². The molecular formula is C26H25FO2. The Morgan fingerprint density at radius 2 is 1.62 bits per heavy atom. The molecule has 3 aromatic rings. The molecule has 1 aliphatic carbocycles. The molecule has 1 fully saturated rings. The first-order chi connectivity index (χ1) is 14.2. The maximum atomic E-state index is 14.9. The second-order valence-corrected chi connectivity index (χ2v) is 7.44. The lowest BCUT2D eigenvalue weighted by Gasteiger charge is -2.13. The average Bonchev–Trinajstić information content (AvgIpc) is 3.50. The molecule has 0 aliphatic heterocycles. The Morgan fingerprint density at radius 1 is 0.897 bits per heavy atom. The molecule has 0 spiro atoms. The topological polar surface area (TPSA) is 18.5 Å². The molecule has 4 rings (SSSR count). The third-order valence-corrected chi connectivity index (χ3v) is 5.21. The van der Waals surface area contributed by atoms with Gasteiger partial charge in [-0.3, -0.25) is 0 Å². The fourth-order valence-electron chi connectivity index (χ4n) is 3.59. The van der Waals surface area contributed by atoms with Gasteiger partial charge in [0, 0.05) is 11.8 Å². The van der Waals surface area contributed by atoms with E-state index in [1.807, 2.05) is 73.7 Å². The molecule has 3 aromatic carbocycles. The van der Waals surface area contributed by atoms with Crippen LogP contribution in [0.3, 0.4) is 0 Å². The van der Waals surface area contributed by atoms with Gasteiger partial charge in [0.1, 0.15) is 23.1 Å². The molecule has 0 radical (unpaired) electrons. The van der Waals surface area contributed by atoms with Gasteiger partial charge < -0.3 is 9.47 Å². The van der Waals surface area contributed by atoms with E-state index >= 15 is 0 Å². The Labute approximate surface area is 171 Å². The van der Waals surface area contributed by atoms with E-state index < -0.39 is 0 Å². The summed E-state index contributed by atoms with van der Waals surface area (Å²) in [5.41, 5.74) is 1.87. The van der Waals surface area contributed by atoms with Crippen LogP contribution in [0.15, 0.2) is 90.8 Å². The molecule has 29 heavy (non-hydrogen) atoms. The molecule has 0 aromatic heterocycles. The molecule has 1 aliphatic rings. The fourth-order valence-corrected chi connectivity index (χ4v) is 3.59. The number of hydrogen-bond donors (Lipinski definition) is 0. The fraction of sp³-hybridized carbons (Fsp3) is 0.231. The van der Waals surface area contributed by atoms with Gasteiger partial charge in [0.15, 0.2) is 0 Å². The predicted molar refractivity (Wildman–Crippen MR) is 114 cm³/mol. The summed E-state index contributed by atoms with van der Waals surface area (Å²) < 4.78 is 26.2. The molecule has 3 heteroatoms. The third-order valence-electron chi connectivity index (χ3n) is 5.21. The van der Waals surface area contributed by atoms with Crippen LogP contribution in [0.1, 0.15) is 30.9 Å². The van der Waals surface area contributed by atoms with Crippen LogP contribution in [-0.2, 0) is 11.8 Å². The first kappa shape index (κ1) is 19.3. The van der Waals surface area contributed by atoms with Crippen molar-refractivity contribution in [3.63, 3.8) is 0 Å². The first-order valence-electron chi connectivity index (χ1n) is 10.1. The van der Waals surface area contributed by atoms with Crippen molar-refractivity contribution in [2.75, 3.05) is 6.61 Å². The highest BCUT2D eigenvalue weighted by atomic mass is 19.1. The highest BCUT2D eigenvalue weighted by Gasteiger charge is 2.42. The number of hydrogen-bond acceptors (Lipinski definition) is 2. The molecule has 0 heterocycles. The second-order valence-electron chi connectivity index (χ2n) is 7.44. The number of rotatable bonds is 8. The number of benzene rings is 3. The summed E-state index contributed by atoms with van der Waals surface area (Å²) in [6, 6.07) is 25.3. The van der Waals surface area contributed by atoms with Gasteiger partial charge in [-0.2, -0.15) is 0 Å². The molecule has 1 saturated carbocycles. The SMILES string of the molecule is CCOc1ccc(C2(/C=C(/F)Cc3cccc(Oc4ccccc4)c3)CC2)cc1. The minimum absolute atomic E-state index is 0.103. The second kappa shape index (κ2) is 8.52. The summed E-state index contributed by atoms with van der Waals surface area (Å²) in [5.74, 6) is 2.24. The lowest BCUT2D eigenvalue weighted by atomic mass is 9.94. The van der Waals surface area contributed by atoms with E-state index in [4.69, 9.17) is 9.47 Å². The molecule has 2 nitrogen and oxygen atoms in total. The molecule has 0 atom stereocenters. The molecule has 0 saturated heterocycles. The van der Waals surface area contributed by atoms with Crippen LogP contribution >= 0.6 is 0 Å². The quantitative estimate of drug-likeness (QED) is 0.413. The van der Waals surface area contributed by atoms with E-state index in [9.17, 15) is 4.39 Å². The maximum Gasteiger partial charge on any atom is 0.127 e. The smallest absolute Gasteiger partial charge is 0.127 e. The lowest BCUT2D eigenvalue weighted by molar-refractivity contribution is 0.340. The van der Waals surface area contributed by atoms with Gasteiger partial charge in [-0.05, 0) is 73.4 Å². The van der Waals surface area contributed by atoms with E-state index in [1.54, 1.807) is 6.08 Å². The zero-order valence-electron chi connectivity index (χ0n) is 16.6. The van der Waals surface area contributed by atoms with E-state index in [-0.39, 0.29) is 17.7 Å². The first-order valence-corrected chi connectivity index (χ1v) is 10.1. The Hall–Kier alpha value is -3.07. The van der Waals surface area contributed by atoms with E-state index in [0.29, 0.717) is 12.4 Å². The lowest BCUT2D eigenvalue weighted by Crippen LogP contribution is -2.04. The van der Waals surface area contributed by atoms with Gasteiger partial charge in [0.25, 0.3) is 0 Å². The molecular weight excluding hydrogens is 363 g/mol. The van der Waals surface area contributed by atoms with Gasteiger partial charge in [-0.15, -0.1) is 0 Å². The van der Waals surface area contributed by atoms with Crippen LogP contribution < -0.4 is 9.47 Å². The van der Waals surface area contributed by atoms with E-state index in [1.165, 1.54) is 0 Å². The minimum Gasteiger partial charge on any atom is -0.494 e. The molecule has 0 bridgehead atoms. The molecule has 0 amide bonds. The highest BCUT2D eigenvalue weighted by Crippen LogP contribution is 2.50. The summed E-state index contributed by atoms with van der Waals surface area (Å²) in [4.78, 5) is 0. The zero-order chi connectivity index (χ0) is 20.1. The van der Waals surface area contributed by atoms with Crippen LogP contribution in [0.2, 0.25) is 0 Å². The molecule has 0 unspecified atom stereocenters. The number of halogens is 1. The molecule has 148 valence electrons. The van der Waals surface area contributed by atoms with Crippen LogP contribution in [0.25, 0.3) is 0 Å². The van der Waals surface area contributed by atoms with Gasteiger partial charge in [-0.1, -0.05) is 42.5 Å². The zero-order valence-corrected chi connectivity index (χ0v) is 16.6. The van der Waals surface area contributed by atoms with E-state index in [0.717, 1.165) is 35.5 Å². The van der Waals surface area contributed by atoms with Crippen molar-refractivity contribution in [2.24, 2.45) is 0 Å². The third kappa shape index (κ3) is 4.86. The van der Waals surface area contributed by atoms with Crippen molar-refractivity contribution >= 4 is 0 Å². The number of ether oxygens (including phenoxy) is 2. The van der Waals surface area contributed by atoms with Crippen molar-refractivity contribution < 1.29 is 13.9 Å². The summed E-state index contributed by atoms with van der Waals surface area (Å²) in [6.07, 6.45) is 4.02. The minimum atomic E-state index is -0.174. The van der Waals surface area contributed by atoms with Crippen molar-refractivity contribution in [3.8, 4) is 17.2 Å². The van der Waals surface area contributed by atoms with E-state index in [2.05, 4.69) is 12.1 Å². The van der Waals surface area contributed by atoms with Gasteiger partial charge in [-0.25, -0.2) is 4.39 Å². The summed E-state index contributed by atoms with van der Waals surface area (Å²) in [6.45, 7) is 2.61. The van der Waals surface area contributed by atoms with Crippen molar-refractivity contribution in [3.05, 3.63) is 102 Å². The Bertz CT molecular complexity index is 973. The van der Waals surface area contributed by atoms with Gasteiger partial charge in [0.05, 0.1) is 6.61 Å². The largest absolute Gasteiger partial charge is 0.494 e. The number of para-hydroxylation sites is 1. The molecule has 0 N–H and O–H groups in total. The van der Waals surface area contributed by atoms with Crippen LogP contribution in [0.4, 0.5) is 4.39 Å². The Balaban J connectivity index is 1.45. The number of allylic oxidation sites excluding steroid dienone is 2. The summed E-state index contributed by atoms with van der Waals surface area (Å²) >= 11 is 0. The normalized spacial score (nSPS) is 15.0. The van der Waals surface area contributed by atoms with Crippen LogP contribution in [0.5, 0.6) is 17.2 Å². The average molecular weight is 388 g/mol. The monoisotopic (exact) mass is 388 g/mol. The van der Waals surface area contributed by atoms with Gasteiger partial charge >= 0.3 is 0 Å². The van der Waals surface area contributed by atoms with Crippen molar-refractivity contribution in [1.82, 2.24) is 0 Å². The van der Waals surface area contributed by atoms with Gasteiger partial charge in [0.2, 0.25) is 0 Å². The highest BCUT2D eigenvalue weighted by molar-refractivity contribution is 5.42. The predicted octanol–water partition coefficient (Wildman–Crippen LogP) is 7.01. The summed E-state index contributed by atoms with van der Waals surface area (Å²) in [5, 5.41) is 0. The Kier molecular flexibility index (Phi) is 5.66. The maximum absolute atomic E-state index is 14.9. The Morgan fingerprint density at radius 3 is 2.31 bits per heavy atom. The standard InChI is InChI=1S/C26H25FO2/c1-2-28-23-13-11-21(12-14-23)26(15-16-26)19-22(27)17-20-7-6-10-25(18-20)29-24-8-4-3-5-9-24/h3-14,18-19H,2,15-17H2,1H3/b22-19+. The summed E-state index contributed by atoms with van der Waals surface area (Å²) in [7, 11) is 0. The van der Waals surface area contributed by atoms with Crippen molar-refractivity contribution in [1.29, 1.82) is 0 Å². The van der Waals surface area contributed by atoms with Crippen LogP contribution in [-0.4, -0.2) is 6.61 Å².